The minimum atomic E-state index is 0.153. The van der Waals surface area contributed by atoms with E-state index in [1.54, 1.807) is 0 Å². The van der Waals surface area contributed by atoms with Gasteiger partial charge in [0.2, 0.25) is 11.8 Å². The molecule has 4 heteroatoms. The zero-order valence-corrected chi connectivity index (χ0v) is 12.7. The first-order valence-corrected chi connectivity index (χ1v) is 7.25. The smallest absolute Gasteiger partial charge is 0.233 e. The lowest BCUT2D eigenvalue weighted by Gasteiger charge is -2.10. The lowest BCUT2D eigenvalue weighted by Crippen LogP contribution is -2.20. The zero-order valence-electron chi connectivity index (χ0n) is 12.7. The van der Waals surface area contributed by atoms with E-state index in [-0.39, 0.29) is 6.04 Å². The van der Waals surface area contributed by atoms with Crippen LogP contribution in [0.3, 0.4) is 0 Å². The largest absolute Gasteiger partial charge is 0.423 e. The second-order valence-electron chi connectivity index (χ2n) is 5.16. The van der Waals surface area contributed by atoms with Crippen LogP contribution in [0.5, 0.6) is 0 Å². The van der Waals surface area contributed by atoms with E-state index in [0.29, 0.717) is 18.2 Å². The molecule has 0 aliphatic heterocycles. The summed E-state index contributed by atoms with van der Waals surface area (Å²) in [5.41, 5.74) is 3.76. The number of hydrogen-bond donors (Lipinski definition) is 1. The van der Waals surface area contributed by atoms with Gasteiger partial charge < -0.3 is 9.73 Å². The summed E-state index contributed by atoms with van der Waals surface area (Å²) in [6.07, 6.45) is 1.64. The summed E-state index contributed by atoms with van der Waals surface area (Å²) in [6.45, 7) is 9.30. The van der Waals surface area contributed by atoms with E-state index >= 15 is 0 Å². The molecular formula is C16H23N3O. The van der Waals surface area contributed by atoms with E-state index in [1.807, 2.05) is 0 Å². The van der Waals surface area contributed by atoms with Crippen LogP contribution in [-0.2, 0) is 6.42 Å². The van der Waals surface area contributed by atoms with Crippen LogP contribution in [0.4, 0.5) is 0 Å². The number of nitrogens with zero attached hydrogens (tertiary/aromatic N) is 2. The Labute approximate surface area is 120 Å². The molecule has 1 heterocycles. The summed E-state index contributed by atoms with van der Waals surface area (Å²) in [5.74, 6) is 1.37. The van der Waals surface area contributed by atoms with Crippen LogP contribution in [0.1, 0.15) is 54.8 Å². The van der Waals surface area contributed by atoms with Crippen LogP contribution in [0, 0.1) is 13.8 Å². The van der Waals surface area contributed by atoms with Crippen molar-refractivity contribution in [3.05, 3.63) is 46.7 Å². The Kier molecular flexibility index (Phi) is 4.90. The average molecular weight is 273 g/mol. The molecule has 0 fully saturated rings. The number of benzene rings is 1. The standard InChI is InChI=1S/C16H23N3O/c1-5-14(17-6-2)16-19-18-15(20-16)10-13-9-11(3)7-8-12(13)4/h7-9,14,17H,5-6,10H2,1-4H3. The zero-order chi connectivity index (χ0) is 14.5. The molecular weight excluding hydrogens is 250 g/mol. The Hall–Kier alpha value is -1.68. The molecule has 0 bridgehead atoms. The van der Waals surface area contributed by atoms with E-state index in [1.165, 1.54) is 16.7 Å². The van der Waals surface area contributed by atoms with Gasteiger partial charge in [-0.15, -0.1) is 10.2 Å². The van der Waals surface area contributed by atoms with Crippen molar-refractivity contribution in [1.29, 1.82) is 0 Å². The van der Waals surface area contributed by atoms with Crippen molar-refractivity contribution < 1.29 is 4.42 Å². The molecule has 0 saturated heterocycles. The van der Waals surface area contributed by atoms with Gasteiger partial charge in [0.05, 0.1) is 12.5 Å². The van der Waals surface area contributed by atoms with Gasteiger partial charge in [0.1, 0.15) is 0 Å². The molecule has 4 nitrogen and oxygen atoms in total. The number of rotatable bonds is 6. The maximum atomic E-state index is 5.80. The van der Waals surface area contributed by atoms with E-state index in [4.69, 9.17) is 4.42 Å². The lowest BCUT2D eigenvalue weighted by molar-refractivity contribution is 0.380. The van der Waals surface area contributed by atoms with Gasteiger partial charge in [-0.2, -0.15) is 0 Å². The molecule has 1 aromatic carbocycles. The molecule has 0 aliphatic rings. The van der Waals surface area contributed by atoms with E-state index in [0.717, 1.165) is 13.0 Å². The van der Waals surface area contributed by atoms with Gasteiger partial charge in [0.25, 0.3) is 0 Å². The second-order valence-corrected chi connectivity index (χ2v) is 5.16. The Morgan fingerprint density at radius 1 is 1.20 bits per heavy atom. The van der Waals surface area contributed by atoms with Gasteiger partial charge in [-0.05, 0) is 37.9 Å². The van der Waals surface area contributed by atoms with Crippen LogP contribution < -0.4 is 5.32 Å². The van der Waals surface area contributed by atoms with E-state index in [2.05, 4.69) is 61.4 Å². The monoisotopic (exact) mass is 273 g/mol. The van der Waals surface area contributed by atoms with Gasteiger partial charge in [0, 0.05) is 0 Å². The van der Waals surface area contributed by atoms with Crippen LogP contribution in [0.15, 0.2) is 22.6 Å². The second kappa shape index (κ2) is 6.66. The fourth-order valence-corrected chi connectivity index (χ4v) is 2.29. The van der Waals surface area contributed by atoms with E-state index in [9.17, 15) is 0 Å². The Morgan fingerprint density at radius 2 is 2.00 bits per heavy atom. The molecule has 1 atom stereocenters. The Bertz CT molecular complexity index is 563. The highest BCUT2D eigenvalue weighted by atomic mass is 16.4. The molecule has 2 aromatic rings. The third-order valence-corrected chi connectivity index (χ3v) is 3.49. The van der Waals surface area contributed by atoms with Gasteiger partial charge in [0.15, 0.2) is 0 Å². The Morgan fingerprint density at radius 3 is 2.70 bits per heavy atom. The van der Waals surface area contributed by atoms with Crippen LogP contribution >= 0.6 is 0 Å². The highest BCUT2D eigenvalue weighted by Gasteiger charge is 2.16. The summed E-state index contributed by atoms with van der Waals surface area (Å²) >= 11 is 0. The first-order chi connectivity index (χ1) is 9.63. The van der Waals surface area contributed by atoms with Crippen molar-refractivity contribution in [2.45, 2.75) is 46.6 Å². The minimum Gasteiger partial charge on any atom is -0.423 e. The molecule has 1 unspecified atom stereocenters. The quantitative estimate of drug-likeness (QED) is 0.877. The molecule has 108 valence electrons. The van der Waals surface area contributed by atoms with Crippen molar-refractivity contribution in [3.63, 3.8) is 0 Å². The van der Waals surface area contributed by atoms with Crippen molar-refractivity contribution >= 4 is 0 Å². The third kappa shape index (κ3) is 3.45. The highest BCUT2D eigenvalue weighted by Crippen LogP contribution is 2.18. The summed E-state index contributed by atoms with van der Waals surface area (Å²) in [7, 11) is 0. The molecule has 0 saturated carbocycles. The van der Waals surface area contributed by atoms with Crippen molar-refractivity contribution in [1.82, 2.24) is 15.5 Å². The average Bonchev–Trinajstić information content (AvgIpc) is 2.88. The summed E-state index contributed by atoms with van der Waals surface area (Å²) in [6, 6.07) is 6.59. The number of nitrogens with one attached hydrogen (secondary N) is 1. The molecule has 0 aliphatic carbocycles. The van der Waals surface area contributed by atoms with Gasteiger partial charge in [-0.3, -0.25) is 0 Å². The van der Waals surface area contributed by atoms with Crippen molar-refractivity contribution in [2.75, 3.05) is 6.54 Å². The predicted molar refractivity (Wildman–Crippen MR) is 79.7 cm³/mol. The topological polar surface area (TPSA) is 51.0 Å². The number of hydrogen-bond acceptors (Lipinski definition) is 4. The first-order valence-electron chi connectivity index (χ1n) is 7.25. The van der Waals surface area contributed by atoms with Crippen LogP contribution in [-0.4, -0.2) is 16.7 Å². The maximum absolute atomic E-state index is 5.80. The predicted octanol–water partition coefficient (Wildman–Crippen LogP) is 3.34. The van der Waals surface area contributed by atoms with Gasteiger partial charge in [-0.1, -0.05) is 37.6 Å². The van der Waals surface area contributed by atoms with Crippen molar-refractivity contribution in [3.8, 4) is 0 Å². The maximum Gasteiger partial charge on any atom is 0.233 e. The molecule has 1 aromatic heterocycles. The minimum absolute atomic E-state index is 0.153. The number of aromatic nitrogens is 2. The van der Waals surface area contributed by atoms with Gasteiger partial charge >= 0.3 is 0 Å². The fraction of sp³-hybridized carbons (Fsp3) is 0.500. The summed E-state index contributed by atoms with van der Waals surface area (Å²) in [4.78, 5) is 0. The highest BCUT2D eigenvalue weighted by molar-refractivity contribution is 5.32. The van der Waals surface area contributed by atoms with Crippen LogP contribution in [0.25, 0.3) is 0 Å². The molecule has 0 radical (unpaired) electrons. The Balaban J connectivity index is 2.14. The number of aryl methyl sites for hydroxylation is 2. The normalized spacial score (nSPS) is 12.6. The molecule has 0 spiro atoms. The molecule has 2 rings (SSSR count). The molecule has 20 heavy (non-hydrogen) atoms. The molecule has 0 amide bonds. The first kappa shape index (κ1) is 14.7. The fourth-order valence-electron chi connectivity index (χ4n) is 2.29. The molecule has 1 N–H and O–H groups in total. The van der Waals surface area contributed by atoms with Gasteiger partial charge in [-0.25, -0.2) is 0 Å². The van der Waals surface area contributed by atoms with Crippen LogP contribution in [0.2, 0.25) is 0 Å². The summed E-state index contributed by atoms with van der Waals surface area (Å²) < 4.78 is 5.80. The summed E-state index contributed by atoms with van der Waals surface area (Å²) in [5, 5.41) is 11.7. The third-order valence-electron chi connectivity index (χ3n) is 3.49. The SMILES string of the molecule is CCNC(CC)c1nnc(Cc2cc(C)ccc2C)o1. The lowest BCUT2D eigenvalue weighted by atomic mass is 10.0. The van der Waals surface area contributed by atoms with Crippen molar-refractivity contribution in [2.24, 2.45) is 0 Å². The van der Waals surface area contributed by atoms with E-state index < -0.39 is 0 Å².